The minimum atomic E-state index is 1.03. The monoisotopic (exact) mass is 332 g/mol. The number of aryl methyl sites for hydroxylation is 1. The van der Waals surface area contributed by atoms with Crippen LogP contribution < -0.4 is 0 Å². The Labute approximate surface area is 151 Å². The first-order chi connectivity index (χ1) is 12.8. The Kier molecular flexibility index (Phi) is 2.57. The summed E-state index contributed by atoms with van der Waals surface area (Å²) in [5.41, 5.74) is 8.31. The molecule has 2 nitrogen and oxygen atoms in total. The van der Waals surface area contributed by atoms with Crippen molar-refractivity contribution in [3.8, 4) is 11.3 Å². The lowest BCUT2D eigenvalue weighted by molar-refractivity contribution is 1.01. The Hall–Kier alpha value is -3.39. The number of rotatable bonds is 1. The number of fused-ring (bicyclic) bond motifs is 3. The van der Waals surface area contributed by atoms with E-state index in [0.29, 0.717) is 0 Å². The number of hydrogen-bond donors (Lipinski definition) is 0. The van der Waals surface area contributed by atoms with Crippen molar-refractivity contribution in [1.82, 2.24) is 9.55 Å². The lowest BCUT2D eigenvalue weighted by atomic mass is 10.0. The van der Waals surface area contributed by atoms with Crippen molar-refractivity contribution in [3.05, 3.63) is 77.9 Å². The molecule has 0 amide bonds. The fourth-order valence-electron chi connectivity index (χ4n) is 4.27. The summed E-state index contributed by atoms with van der Waals surface area (Å²) < 4.78 is 2.26. The topological polar surface area (TPSA) is 17.8 Å². The van der Waals surface area contributed by atoms with Crippen LogP contribution in [0.4, 0.5) is 0 Å². The summed E-state index contributed by atoms with van der Waals surface area (Å²) >= 11 is 0. The van der Waals surface area contributed by atoms with Crippen molar-refractivity contribution in [3.63, 3.8) is 0 Å². The predicted octanol–water partition coefficient (Wildman–Crippen LogP) is 6.03. The molecule has 0 aliphatic heterocycles. The molecule has 0 bridgehead atoms. The van der Waals surface area contributed by atoms with Gasteiger partial charge in [-0.3, -0.25) is 0 Å². The zero-order valence-corrected chi connectivity index (χ0v) is 14.4. The van der Waals surface area contributed by atoms with Crippen molar-refractivity contribution < 1.29 is 0 Å². The average Bonchev–Trinajstić information content (AvgIpc) is 3.23. The van der Waals surface area contributed by atoms with E-state index in [1.807, 2.05) is 0 Å². The fraction of sp³-hybridized carbons (Fsp3) is 0.0417. The van der Waals surface area contributed by atoms with Crippen LogP contribution in [0.3, 0.4) is 0 Å². The van der Waals surface area contributed by atoms with E-state index in [2.05, 4.69) is 90.5 Å². The van der Waals surface area contributed by atoms with Crippen molar-refractivity contribution in [1.29, 1.82) is 0 Å². The normalized spacial score (nSPS) is 12.7. The molecular weight excluding hydrogens is 316 g/mol. The van der Waals surface area contributed by atoms with Crippen molar-refractivity contribution in [2.45, 2.75) is 0 Å². The van der Waals surface area contributed by atoms with Crippen LogP contribution in [0.2, 0.25) is 0 Å². The molecule has 0 spiro atoms. The SMILES string of the molecule is Cn1c2ccccc2c2cc(-c3cc4c5c(cccc5n3)C=C4)ccc21. The van der Waals surface area contributed by atoms with Gasteiger partial charge in [-0.2, -0.15) is 0 Å². The lowest BCUT2D eigenvalue weighted by Crippen LogP contribution is -1.89. The van der Waals surface area contributed by atoms with Gasteiger partial charge in [0.25, 0.3) is 0 Å². The van der Waals surface area contributed by atoms with Gasteiger partial charge in [0.1, 0.15) is 0 Å². The third kappa shape index (κ3) is 1.73. The first-order valence-electron chi connectivity index (χ1n) is 8.89. The molecule has 0 atom stereocenters. The Morgan fingerprint density at radius 1 is 0.731 bits per heavy atom. The van der Waals surface area contributed by atoms with Crippen molar-refractivity contribution in [2.24, 2.45) is 7.05 Å². The molecule has 2 heterocycles. The van der Waals surface area contributed by atoms with Gasteiger partial charge in [0.05, 0.1) is 11.2 Å². The van der Waals surface area contributed by atoms with E-state index in [-0.39, 0.29) is 0 Å². The van der Waals surface area contributed by atoms with Crippen LogP contribution in [0.5, 0.6) is 0 Å². The average molecular weight is 332 g/mol. The minimum absolute atomic E-state index is 1.03. The fourth-order valence-corrected chi connectivity index (χ4v) is 4.27. The van der Waals surface area contributed by atoms with Gasteiger partial charge in [0, 0.05) is 39.8 Å². The summed E-state index contributed by atoms with van der Waals surface area (Å²) in [7, 11) is 2.13. The van der Waals surface area contributed by atoms with E-state index >= 15 is 0 Å². The Balaban J connectivity index is 1.65. The van der Waals surface area contributed by atoms with Gasteiger partial charge in [-0.05, 0) is 41.5 Å². The van der Waals surface area contributed by atoms with E-state index in [4.69, 9.17) is 4.98 Å². The third-order valence-electron chi connectivity index (χ3n) is 5.55. The summed E-state index contributed by atoms with van der Waals surface area (Å²) in [6.07, 6.45) is 4.37. The van der Waals surface area contributed by atoms with Gasteiger partial charge in [-0.25, -0.2) is 4.98 Å². The maximum Gasteiger partial charge on any atom is 0.0721 e. The molecular formula is C24H16N2. The molecule has 0 saturated heterocycles. The molecule has 2 aromatic heterocycles. The molecule has 0 N–H and O–H groups in total. The van der Waals surface area contributed by atoms with Crippen molar-refractivity contribution >= 4 is 44.9 Å². The summed E-state index contributed by atoms with van der Waals surface area (Å²) in [6.45, 7) is 0. The molecule has 5 aromatic rings. The second kappa shape index (κ2) is 4.83. The van der Waals surface area contributed by atoms with Crippen molar-refractivity contribution in [2.75, 3.05) is 0 Å². The maximum atomic E-state index is 4.95. The second-order valence-corrected chi connectivity index (χ2v) is 6.98. The van der Waals surface area contributed by atoms with Crippen LogP contribution in [0.25, 0.3) is 56.1 Å². The molecule has 1 aliphatic carbocycles. The molecule has 122 valence electrons. The first kappa shape index (κ1) is 13.9. The number of pyridine rings is 1. The Morgan fingerprint density at radius 2 is 1.58 bits per heavy atom. The largest absolute Gasteiger partial charge is 0.344 e. The van der Waals surface area contributed by atoms with Crippen LogP contribution in [-0.4, -0.2) is 9.55 Å². The van der Waals surface area contributed by atoms with E-state index in [1.165, 1.54) is 38.3 Å². The van der Waals surface area contributed by atoms with Crippen LogP contribution in [0.1, 0.15) is 11.1 Å². The summed E-state index contributed by atoms with van der Waals surface area (Å²) in [5, 5.41) is 3.84. The van der Waals surface area contributed by atoms with Gasteiger partial charge in [-0.15, -0.1) is 0 Å². The second-order valence-electron chi connectivity index (χ2n) is 6.98. The van der Waals surface area contributed by atoms with E-state index in [9.17, 15) is 0 Å². The zero-order valence-electron chi connectivity index (χ0n) is 14.4. The molecule has 0 fully saturated rings. The number of nitrogens with zero attached hydrogens (tertiary/aromatic N) is 2. The van der Waals surface area contributed by atoms with Crippen LogP contribution in [-0.2, 0) is 7.05 Å². The third-order valence-corrected chi connectivity index (χ3v) is 5.55. The van der Waals surface area contributed by atoms with Gasteiger partial charge in [-0.1, -0.05) is 48.6 Å². The number of aromatic nitrogens is 2. The van der Waals surface area contributed by atoms with Gasteiger partial charge < -0.3 is 4.57 Å². The number of para-hydroxylation sites is 1. The Bertz CT molecular complexity index is 1390. The molecule has 0 unspecified atom stereocenters. The van der Waals surface area contributed by atoms with Gasteiger partial charge in [0.15, 0.2) is 0 Å². The van der Waals surface area contributed by atoms with E-state index in [0.717, 1.165) is 16.8 Å². The van der Waals surface area contributed by atoms with Crippen LogP contribution >= 0.6 is 0 Å². The smallest absolute Gasteiger partial charge is 0.0721 e. The highest BCUT2D eigenvalue weighted by Crippen LogP contribution is 2.35. The molecule has 2 heteroatoms. The van der Waals surface area contributed by atoms with E-state index in [1.54, 1.807) is 0 Å². The molecule has 6 rings (SSSR count). The zero-order chi connectivity index (χ0) is 17.3. The highest BCUT2D eigenvalue weighted by Gasteiger charge is 2.14. The van der Waals surface area contributed by atoms with E-state index < -0.39 is 0 Å². The minimum Gasteiger partial charge on any atom is -0.344 e. The molecule has 1 aliphatic rings. The standard InChI is InChI=1S/C24H16N2/c1-26-22-8-3-2-6-18(22)19-13-16(11-12-23(19)26)21-14-17-10-9-15-5-4-7-20(25-21)24(15)17/h2-14H,1H3. The number of hydrogen-bond acceptors (Lipinski definition) is 1. The van der Waals surface area contributed by atoms with Crippen LogP contribution in [0.15, 0.2) is 66.7 Å². The summed E-state index contributed by atoms with van der Waals surface area (Å²) in [4.78, 5) is 4.95. The highest BCUT2D eigenvalue weighted by molar-refractivity contribution is 6.09. The van der Waals surface area contributed by atoms with Gasteiger partial charge >= 0.3 is 0 Å². The Morgan fingerprint density at radius 3 is 2.54 bits per heavy atom. The molecule has 0 radical (unpaired) electrons. The number of benzene rings is 3. The molecule has 3 aromatic carbocycles. The van der Waals surface area contributed by atoms with Gasteiger partial charge in [0.2, 0.25) is 0 Å². The van der Waals surface area contributed by atoms with Crippen LogP contribution in [0, 0.1) is 0 Å². The molecule has 0 saturated carbocycles. The summed E-state index contributed by atoms with van der Waals surface area (Å²) in [5.74, 6) is 0. The molecule has 26 heavy (non-hydrogen) atoms. The highest BCUT2D eigenvalue weighted by atomic mass is 14.9. The first-order valence-corrected chi connectivity index (χ1v) is 8.89. The summed E-state index contributed by atoms with van der Waals surface area (Å²) in [6, 6.07) is 23.8. The quantitative estimate of drug-likeness (QED) is 0.359. The maximum absolute atomic E-state index is 4.95. The lowest BCUT2D eigenvalue weighted by Gasteiger charge is -2.07. The predicted molar refractivity (Wildman–Crippen MR) is 110 cm³/mol.